The van der Waals surface area contributed by atoms with E-state index in [2.05, 4.69) is 5.32 Å². The lowest BCUT2D eigenvalue weighted by molar-refractivity contribution is -0.137. The van der Waals surface area contributed by atoms with E-state index in [1.807, 2.05) is 0 Å². The molecular formula is C14H10F3NO3S. The highest BCUT2D eigenvalue weighted by atomic mass is 32.1. The van der Waals surface area contributed by atoms with Crippen LogP contribution in [-0.4, -0.2) is 17.0 Å². The number of halogens is 3. The van der Waals surface area contributed by atoms with E-state index in [4.69, 9.17) is 5.11 Å². The Balaban J connectivity index is 2.23. The minimum atomic E-state index is -4.54. The van der Waals surface area contributed by atoms with Gasteiger partial charge in [0.05, 0.1) is 10.6 Å². The summed E-state index contributed by atoms with van der Waals surface area (Å²) in [4.78, 5) is 23.0. The van der Waals surface area contributed by atoms with Crippen molar-refractivity contribution in [1.29, 1.82) is 0 Å². The van der Waals surface area contributed by atoms with Gasteiger partial charge in [-0.2, -0.15) is 13.2 Å². The van der Waals surface area contributed by atoms with E-state index >= 15 is 0 Å². The molecule has 1 heterocycles. The molecule has 0 atom stereocenters. The molecule has 2 aromatic rings. The number of hydrogen-bond acceptors (Lipinski definition) is 3. The van der Waals surface area contributed by atoms with Crippen molar-refractivity contribution >= 4 is 28.2 Å². The molecule has 0 unspecified atom stereocenters. The Kier molecular flexibility index (Phi) is 4.23. The fourth-order valence-electron chi connectivity index (χ4n) is 1.78. The summed E-state index contributed by atoms with van der Waals surface area (Å²) in [7, 11) is 0. The van der Waals surface area contributed by atoms with Gasteiger partial charge < -0.3 is 10.4 Å². The normalized spacial score (nSPS) is 11.3. The van der Waals surface area contributed by atoms with Gasteiger partial charge in [0.15, 0.2) is 0 Å². The van der Waals surface area contributed by atoms with Gasteiger partial charge in [0, 0.05) is 5.56 Å². The van der Waals surface area contributed by atoms with E-state index in [1.54, 1.807) is 6.92 Å². The fourth-order valence-corrected chi connectivity index (χ4v) is 2.68. The zero-order valence-corrected chi connectivity index (χ0v) is 12.0. The lowest BCUT2D eigenvalue weighted by Gasteiger charge is -2.08. The Morgan fingerprint density at radius 2 is 1.91 bits per heavy atom. The first-order valence-corrected chi connectivity index (χ1v) is 6.82. The van der Waals surface area contributed by atoms with Gasteiger partial charge in [0.1, 0.15) is 4.88 Å². The van der Waals surface area contributed by atoms with Crippen molar-refractivity contribution < 1.29 is 27.9 Å². The monoisotopic (exact) mass is 329 g/mol. The maximum Gasteiger partial charge on any atom is 0.416 e. The van der Waals surface area contributed by atoms with Gasteiger partial charge in [-0.3, -0.25) is 4.79 Å². The Hall–Kier alpha value is -2.35. The standard InChI is InChI=1S/C14H10F3NO3S/c1-7-5-10(22-11(7)13(20)21)18-12(19)8-3-2-4-9(6-8)14(15,16)17/h2-6H,1H3,(H,18,19)(H,20,21). The van der Waals surface area contributed by atoms with Crippen molar-refractivity contribution in [3.8, 4) is 0 Å². The van der Waals surface area contributed by atoms with Crippen molar-refractivity contribution in [2.75, 3.05) is 5.32 Å². The van der Waals surface area contributed by atoms with E-state index in [1.165, 1.54) is 12.1 Å². The fraction of sp³-hybridized carbons (Fsp3) is 0.143. The SMILES string of the molecule is Cc1cc(NC(=O)c2cccc(C(F)(F)F)c2)sc1C(=O)O. The lowest BCUT2D eigenvalue weighted by Crippen LogP contribution is -2.13. The number of carboxylic acid groups (broad SMARTS) is 1. The van der Waals surface area contributed by atoms with Gasteiger partial charge >= 0.3 is 12.1 Å². The number of hydrogen-bond donors (Lipinski definition) is 2. The molecule has 22 heavy (non-hydrogen) atoms. The summed E-state index contributed by atoms with van der Waals surface area (Å²) in [5, 5.41) is 11.6. The van der Waals surface area contributed by atoms with E-state index in [0.717, 1.165) is 29.5 Å². The average molecular weight is 329 g/mol. The van der Waals surface area contributed by atoms with Crippen molar-refractivity contribution in [3.05, 3.63) is 51.9 Å². The molecule has 4 nitrogen and oxygen atoms in total. The quantitative estimate of drug-likeness (QED) is 0.893. The highest BCUT2D eigenvalue weighted by Crippen LogP contribution is 2.30. The average Bonchev–Trinajstić information content (AvgIpc) is 2.79. The van der Waals surface area contributed by atoms with E-state index < -0.39 is 23.6 Å². The zero-order chi connectivity index (χ0) is 16.5. The van der Waals surface area contributed by atoms with E-state index in [0.29, 0.717) is 5.56 Å². The summed E-state index contributed by atoms with van der Waals surface area (Å²) in [5.74, 6) is -1.86. The van der Waals surface area contributed by atoms with Crippen LogP contribution in [0.2, 0.25) is 0 Å². The van der Waals surface area contributed by atoms with Gasteiger partial charge in [-0.05, 0) is 36.8 Å². The maximum absolute atomic E-state index is 12.6. The van der Waals surface area contributed by atoms with Gasteiger partial charge in [-0.1, -0.05) is 6.07 Å². The van der Waals surface area contributed by atoms with Gasteiger partial charge in [-0.15, -0.1) is 11.3 Å². The number of aromatic carboxylic acids is 1. The van der Waals surface area contributed by atoms with Crippen LogP contribution in [0.5, 0.6) is 0 Å². The number of aryl methyl sites for hydroxylation is 1. The smallest absolute Gasteiger partial charge is 0.416 e. The van der Waals surface area contributed by atoms with Crippen molar-refractivity contribution in [3.63, 3.8) is 0 Å². The van der Waals surface area contributed by atoms with E-state index in [9.17, 15) is 22.8 Å². The second-order valence-corrected chi connectivity index (χ2v) is 5.51. The number of carbonyl (C=O) groups is 2. The molecule has 0 aliphatic rings. The topological polar surface area (TPSA) is 66.4 Å². The zero-order valence-electron chi connectivity index (χ0n) is 11.2. The number of nitrogens with one attached hydrogen (secondary N) is 1. The number of alkyl halides is 3. The molecule has 2 N–H and O–H groups in total. The Labute approximate surface area is 127 Å². The van der Waals surface area contributed by atoms with Gasteiger partial charge in [-0.25, -0.2) is 4.79 Å². The van der Waals surface area contributed by atoms with Crippen molar-refractivity contribution in [2.45, 2.75) is 13.1 Å². The summed E-state index contributed by atoms with van der Waals surface area (Å²) in [6, 6.07) is 5.46. The predicted octanol–water partition coefficient (Wildman–Crippen LogP) is 4.03. The molecule has 0 saturated carbocycles. The van der Waals surface area contributed by atoms with Gasteiger partial charge in [0.2, 0.25) is 0 Å². The molecular weight excluding hydrogens is 319 g/mol. The second kappa shape index (κ2) is 5.80. The second-order valence-electron chi connectivity index (χ2n) is 4.46. The molecule has 1 amide bonds. The highest BCUT2D eigenvalue weighted by Gasteiger charge is 2.30. The molecule has 1 aromatic carbocycles. The van der Waals surface area contributed by atoms with Crippen LogP contribution in [0.1, 0.15) is 31.2 Å². The number of carboxylic acids is 1. The van der Waals surface area contributed by atoms with Crippen LogP contribution in [0.4, 0.5) is 18.2 Å². The van der Waals surface area contributed by atoms with Crippen LogP contribution in [0, 0.1) is 6.92 Å². The first-order chi connectivity index (χ1) is 10.2. The first kappa shape index (κ1) is 16.0. The largest absolute Gasteiger partial charge is 0.477 e. The predicted molar refractivity (Wildman–Crippen MR) is 75.4 cm³/mol. The highest BCUT2D eigenvalue weighted by molar-refractivity contribution is 7.18. The third-order valence-corrected chi connectivity index (χ3v) is 3.94. The number of rotatable bonds is 3. The summed E-state index contributed by atoms with van der Waals surface area (Å²) >= 11 is 0.847. The number of anilines is 1. The van der Waals surface area contributed by atoms with Crippen LogP contribution in [0.25, 0.3) is 0 Å². The molecule has 0 spiro atoms. The summed E-state index contributed by atoms with van der Waals surface area (Å²) in [6.07, 6.45) is -4.54. The number of carbonyl (C=O) groups excluding carboxylic acids is 1. The summed E-state index contributed by atoms with van der Waals surface area (Å²) < 4.78 is 37.8. The van der Waals surface area contributed by atoms with Crippen molar-refractivity contribution in [2.24, 2.45) is 0 Å². The Morgan fingerprint density at radius 3 is 2.45 bits per heavy atom. The first-order valence-electron chi connectivity index (χ1n) is 6.01. The van der Waals surface area contributed by atoms with Gasteiger partial charge in [0.25, 0.3) is 5.91 Å². The molecule has 0 bridgehead atoms. The molecule has 8 heteroatoms. The molecule has 1 aromatic heterocycles. The minimum absolute atomic E-state index is 0.0688. The lowest BCUT2D eigenvalue weighted by atomic mass is 10.1. The van der Waals surface area contributed by atoms with E-state index in [-0.39, 0.29) is 15.4 Å². The molecule has 116 valence electrons. The number of amides is 1. The molecule has 0 saturated heterocycles. The van der Waals surface area contributed by atoms with Crippen LogP contribution in [0.15, 0.2) is 30.3 Å². The number of benzene rings is 1. The third kappa shape index (κ3) is 3.45. The van der Waals surface area contributed by atoms with Crippen LogP contribution >= 0.6 is 11.3 Å². The van der Waals surface area contributed by atoms with Crippen molar-refractivity contribution in [1.82, 2.24) is 0 Å². The Morgan fingerprint density at radius 1 is 1.23 bits per heavy atom. The maximum atomic E-state index is 12.6. The summed E-state index contributed by atoms with van der Waals surface area (Å²) in [6.45, 7) is 1.57. The molecule has 0 radical (unpaired) electrons. The Bertz CT molecular complexity index is 737. The van der Waals surface area contributed by atoms with Crippen LogP contribution in [0.3, 0.4) is 0 Å². The molecule has 2 rings (SSSR count). The van der Waals surface area contributed by atoms with Crippen LogP contribution < -0.4 is 5.32 Å². The molecule has 0 aliphatic carbocycles. The van der Waals surface area contributed by atoms with Crippen LogP contribution in [-0.2, 0) is 6.18 Å². The number of thiophene rings is 1. The molecule has 0 fully saturated rings. The molecule has 0 aliphatic heterocycles. The summed E-state index contributed by atoms with van der Waals surface area (Å²) in [5.41, 5.74) is -0.608. The minimum Gasteiger partial charge on any atom is -0.477 e. The third-order valence-electron chi connectivity index (χ3n) is 2.80.